The average molecular weight is 1220 g/mol. The van der Waals surface area contributed by atoms with E-state index in [0.717, 1.165) is 56.0 Å². The molecule has 20 nitrogen and oxygen atoms in total. The fourth-order valence-electron chi connectivity index (χ4n) is 8.88. The van der Waals surface area contributed by atoms with Crippen LogP contribution in [0, 0.1) is 0 Å². The summed E-state index contributed by atoms with van der Waals surface area (Å²) in [6.07, 6.45) is 11.0. The quantitative estimate of drug-likeness (QED) is 0.0361. The van der Waals surface area contributed by atoms with Gasteiger partial charge in [-0.25, -0.2) is 50.5 Å². The van der Waals surface area contributed by atoms with Gasteiger partial charge in [0.05, 0.1) is 36.0 Å². The summed E-state index contributed by atoms with van der Waals surface area (Å²) in [6.45, 7) is 2.39. The van der Waals surface area contributed by atoms with Crippen LogP contribution >= 0.6 is 0 Å². The summed E-state index contributed by atoms with van der Waals surface area (Å²) < 4.78 is 220. The first kappa shape index (κ1) is 74.9. The maximum Gasteiger partial charge on any atom is 1.00 e. The van der Waals surface area contributed by atoms with Crippen molar-refractivity contribution in [1.29, 1.82) is 0 Å². The molecule has 376 valence electrons. The van der Waals surface area contributed by atoms with Gasteiger partial charge in [0, 0.05) is 64.6 Å². The zero-order valence-corrected chi connectivity index (χ0v) is 59.3. The minimum absolute atomic E-state index is 0. The molecule has 0 aliphatic carbocycles. The fourth-order valence-corrected chi connectivity index (χ4v) is 13.2. The number of ether oxygens (including phenoxy) is 1. The molecule has 0 radical (unpaired) electrons. The van der Waals surface area contributed by atoms with Gasteiger partial charge in [-0.2, -0.15) is 0 Å². The fraction of sp³-hybridized carbons (Fsp3) is 0.273. The van der Waals surface area contributed by atoms with Crippen molar-refractivity contribution in [2.75, 3.05) is 6.61 Å². The van der Waals surface area contributed by atoms with E-state index in [1.54, 1.807) is 0 Å². The molecular formula is C44H38Na6O20S6. The molecule has 32 heteroatoms. The molecule has 1 N–H and O–H groups in total. The van der Waals surface area contributed by atoms with E-state index >= 15 is 0 Å². The first-order chi connectivity index (χ1) is 32.5. The third-order valence-corrected chi connectivity index (χ3v) is 17.1. The van der Waals surface area contributed by atoms with Gasteiger partial charge in [0.2, 0.25) is 0 Å². The molecule has 0 fully saturated rings. The number of aromatic hydroxyl groups is 1. The molecule has 0 bridgehead atoms. The van der Waals surface area contributed by atoms with Gasteiger partial charge in [-0.1, -0.05) is 101 Å². The molecule has 0 saturated heterocycles. The van der Waals surface area contributed by atoms with Crippen molar-refractivity contribution in [2.45, 2.75) is 101 Å². The summed E-state index contributed by atoms with van der Waals surface area (Å²) >= 11 is 0. The van der Waals surface area contributed by atoms with Gasteiger partial charge in [-0.15, -0.1) is 0 Å². The number of phenolic OH excluding ortho intramolecular Hbond substituents is 1. The standard InChI is InChI=1S/C28H34O10S3.C16H10O10S3.6Na/c1-2-3-4-5-6-7-8-9-10-11-16-38-23-17-24(39(29,30)31)20-14-15-22-26(41(35,36)37)18-25(40(32,33)34)21-13-12-19(23)27(20)28(21)22;17-11-5-12(27(18,19)20)8-3-4-10-14(29(24,25)26)6-13(28(21,22)23)9-2-1-7(11)15(8)16(9)10;;;;;;/h12-15,17-18H,2-11,16H2,1H3,(H,29,30,31)(H,32,33,34)(H,35,36,37);1-6,17H,(H,18,19,20)(H,21,22,23)(H,24,25,26);;;;;;/q;;6*+1/p-6. The molecule has 8 aromatic rings. The minimum Gasteiger partial charge on any atom is -0.744 e. The van der Waals surface area contributed by atoms with Gasteiger partial charge >= 0.3 is 177 Å². The maximum atomic E-state index is 12.2. The van der Waals surface area contributed by atoms with Gasteiger partial charge in [-0.3, -0.25) is 0 Å². The molecule has 0 atom stereocenters. The number of hydrogen-bond acceptors (Lipinski definition) is 20. The Morgan fingerprint density at radius 2 is 0.579 bits per heavy atom. The van der Waals surface area contributed by atoms with E-state index < -0.39 is 95.8 Å². The molecule has 0 aliphatic rings. The Morgan fingerprint density at radius 1 is 0.342 bits per heavy atom. The van der Waals surface area contributed by atoms with E-state index in [2.05, 4.69) is 6.92 Å². The van der Waals surface area contributed by atoms with E-state index in [0.29, 0.717) is 24.6 Å². The second kappa shape index (κ2) is 29.1. The van der Waals surface area contributed by atoms with Crippen molar-refractivity contribution in [3.63, 3.8) is 0 Å². The van der Waals surface area contributed by atoms with Crippen LogP contribution in [0.4, 0.5) is 0 Å². The first-order valence-electron chi connectivity index (χ1n) is 21.1. The predicted molar refractivity (Wildman–Crippen MR) is 247 cm³/mol. The van der Waals surface area contributed by atoms with Crippen LogP contribution in [0.2, 0.25) is 0 Å². The topological polar surface area (TPSA) is 373 Å². The Bertz CT molecular complexity index is 4010. The summed E-state index contributed by atoms with van der Waals surface area (Å²) in [5.74, 6) is -0.623. The Balaban J connectivity index is 0.000000736. The van der Waals surface area contributed by atoms with Crippen LogP contribution in [-0.4, -0.2) is 89.5 Å². The van der Waals surface area contributed by atoms with Crippen LogP contribution in [0.1, 0.15) is 71.1 Å². The molecule has 0 saturated carbocycles. The van der Waals surface area contributed by atoms with Crippen molar-refractivity contribution in [2.24, 2.45) is 0 Å². The van der Waals surface area contributed by atoms with E-state index in [1.165, 1.54) is 56.4 Å². The van der Waals surface area contributed by atoms with Crippen molar-refractivity contribution >= 4 is 125 Å². The maximum absolute atomic E-state index is 12.2. The zero-order valence-electron chi connectivity index (χ0n) is 42.4. The molecule has 0 amide bonds. The minimum atomic E-state index is -5.26. The van der Waals surface area contributed by atoms with E-state index in [4.69, 9.17) is 4.74 Å². The first-order valence-corrected chi connectivity index (χ1v) is 29.5. The van der Waals surface area contributed by atoms with Crippen LogP contribution in [-0.2, 0) is 60.7 Å². The van der Waals surface area contributed by atoms with E-state index in [-0.39, 0.29) is 254 Å². The van der Waals surface area contributed by atoms with Crippen molar-refractivity contribution in [1.82, 2.24) is 0 Å². The van der Waals surface area contributed by atoms with Gasteiger partial charge in [0.15, 0.2) is 0 Å². The van der Waals surface area contributed by atoms with Crippen LogP contribution in [0.15, 0.2) is 102 Å². The summed E-state index contributed by atoms with van der Waals surface area (Å²) in [5, 5.41) is 8.50. The average Bonchev–Trinajstić information content (AvgIpc) is 3.24. The van der Waals surface area contributed by atoms with Crippen molar-refractivity contribution in [3.05, 3.63) is 72.8 Å². The van der Waals surface area contributed by atoms with Crippen LogP contribution in [0.25, 0.3) is 64.6 Å². The third-order valence-electron chi connectivity index (χ3n) is 11.9. The molecule has 0 spiro atoms. The smallest absolute Gasteiger partial charge is 0.744 e. The van der Waals surface area contributed by atoms with Crippen LogP contribution < -0.4 is 182 Å². The number of benzene rings is 8. The number of phenols is 1. The van der Waals surface area contributed by atoms with Crippen LogP contribution in [0.3, 0.4) is 0 Å². The van der Waals surface area contributed by atoms with Crippen LogP contribution in [0.5, 0.6) is 11.5 Å². The monoisotopic (exact) mass is 1220 g/mol. The van der Waals surface area contributed by atoms with Gasteiger partial charge in [0.1, 0.15) is 72.2 Å². The number of unbranched alkanes of at least 4 members (excludes halogenated alkanes) is 9. The summed E-state index contributed by atoms with van der Waals surface area (Å²) in [4.78, 5) is -5.40. The third kappa shape index (κ3) is 16.4. The van der Waals surface area contributed by atoms with E-state index in [1.807, 2.05) is 0 Å². The number of hydrogen-bond donors (Lipinski definition) is 1. The molecule has 76 heavy (non-hydrogen) atoms. The summed E-state index contributed by atoms with van der Waals surface area (Å²) in [6, 6.07) is 12.1. The van der Waals surface area contributed by atoms with Gasteiger partial charge < -0.3 is 37.2 Å². The Hall–Kier alpha value is 0.900. The molecule has 0 aliphatic heterocycles. The van der Waals surface area contributed by atoms with E-state index in [9.17, 15) is 82.9 Å². The molecule has 0 unspecified atom stereocenters. The van der Waals surface area contributed by atoms with Gasteiger partial charge in [0.25, 0.3) is 0 Å². The SMILES string of the molecule is CCCCCCCCCCCCOc1cc(S(=O)(=O)[O-])c2ccc3c(S(=O)(=O)[O-])cc(S(=O)(=O)[O-])c4ccc1c2c43.O=S(=O)([O-])c1cc(O)c2ccc3c(S(=O)(=O)[O-])cc(S(=O)(=O)[O-])c4ccc1c2c34.[Na+].[Na+].[Na+].[Na+].[Na+].[Na+]. The second-order valence-electron chi connectivity index (χ2n) is 16.4. The largest absolute Gasteiger partial charge is 1.00 e. The molecule has 0 aromatic heterocycles. The molecule has 8 rings (SSSR count). The Morgan fingerprint density at radius 3 is 0.895 bits per heavy atom. The van der Waals surface area contributed by atoms with Crippen molar-refractivity contribution in [3.8, 4) is 11.5 Å². The molecule has 0 heterocycles. The summed E-state index contributed by atoms with van der Waals surface area (Å²) in [5.41, 5.74) is 0. The second-order valence-corrected chi connectivity index (χ2v) is 24.5. The number of rotatable bonds is 18. The predicted octanol–water partition coefficient (Wildman–Crippen LogP) is -11.4. The Kier molecular flexibility index (Phi) is 28.7. The molecular weight excluding hydrogens is 1180 g/mol. The zero-order chi connectivity index (χ0) is 51.5. The normalized spacial score (nSPS) is 12.2. The molecule has 8 aromatic carbocycles. The summed E-state index contributed by atoms with van der Waals surface area (Å²) in [7, 11) is -31.2. The Labute approximate surface area is 572 Å². The van der Waals surface area contributed by atoms with Crippen molar-refractivity contribution < 1.29 is 265 Å². The van der Waals surface area contributed by atoms with Gasteiger partial charge in [-0.05, 0) is 42.8 Å².